The van der Waals surface area contributed by atoms with Crippen molar-refractivity contribution in [1.29, 1.82) is 0 Å². The van der Waals surface area contributed by atoms with Crippen LogP contribution in [0.5, 0.6) is 0 Å². The van der Waals surface area contributed by atoms with Crippen LogP contribution in [-0.2, 0) is 17.9 Å². The SMILES string of the molecule is CCCN(CC(=O)N(Cc1ccccc1)Cc1cccs1)C(=O)c1ccc(-c2ccccc2)cc1. The number of thiophene rings is 1. The lowest BCUT2D eigenvalue weighted by Gasteiger charge is -2.27. The van der Waals surface area contributed by atoms with E-state index in [0.717, 1.165) is 28.0 Å². The number of hydrogen-bond donors (Lipinski definition) is 0. The number of carbonyl (C=O) groups is 2. The Morgan fingerprint density at radius 3 is 2.00 bits per heavy atom. The van der Waals surface area contributed by atoms with Gasteiger partial charge in [-0.3, -0.25) is 9.59 Å². The summed E-state index contributed by atoms with van der Waals surface area (Å²) in [6.07, 6.45) is 0.782. The first-order chi connectivity index (χ1) is 17.1. The fourth-order valence-corrected chi connectivity index (χ4v) is 4.75. The summed E-state index contributed by atoms with van der Waals surface area (Å²) in [5.41, 5.74) is 3.84. The van der Waals surface area contributed by atoms with E-state index in [1.165, 1.54) is 0 Å². The minimum atomic E-state index is -0.115. The van der Waals surface area contributed by atoms with Crippen LogP contribution < -0.4 is 0 Å². The quantitative estimate of drug-likeness (QED) is 0.259. The highest BCUT2D eigenvalue weighted by molar-refractivity contribution is 7.09. The molecule has 5 heteroatoms. The third-order valence-electron chi connectivity index (χ3n) is 5.84. The molecule has 35 heavy (non-hydrogen) atoms. The molecule has 0 bridgehead atoms. The normalized spacial score (nSPS) is 10.7. The van der Waals surface area contributed by atoms with Gasteiger partial charge in [0.05, 0.1) is 6.54 Å². The molecule has 0 unspecified atom stereocenters. The molecule has 3 aromatic carbocycles. The zero-order valence-corrected chi connectivity index (χ0v) is 20.8. The number of rotatable bonds is 10. The first kappa shape index (κ1) is 24.4. The Morgan fingerprint density at radius 2 is 1.37 bits per heavy atom. The van der Waals surface area contributed by atoms with Crippen molar-refractivity contribution in [2.24, 2.45) is 0 Å². The van der Waals surface area contributed by atoms with Gasteiger partial charge in [0.15, 0.2) is 0 Å². The summed E-state index contributed by atoms with van der Waals surface area (Å²) in [6.45, 7) is 3.66. The predicted molar refractivity (Wildman–Crippen MR) is 143 cm³/mol. The maximum absolute atomic E-state index is 13.5. The van der Waals surface area contributed by atoms with E-state index in [1.54, 1.807) is 16.2 Å². The second-order valence-corrected chi connectivity index (χ2v) is 9.52. The van der Waals surface area contributed by atoms with Crippen molar-refractivity contribution < 1.29 is 9.59 Å². The molecule has 0 aliphatic rings. The average Bonchev–Trinajstić information content (AvgIpc) is 3.42. The minimum absolute atomic E-state index is 0.0510. The molecule has 0 aliphatic carbocycles. The second-order valence-electron chi connectivity index (χ2n) is 8.48. The van der Waals surface area contributed by atoms with Crippen LogP contribution in [0.2, 0.25) is 0 Å². The molecule has 178 valence electrons. The van der Waals surface area contributed by atoms with Gasteiger partial charge in [-0.1, -0.05) is 85.8 Å². The molecule has 2 amide bonds. The Morgan fingerprint density at radius 1 is 0.714 bits per heavy atom. The molecule has 0 aliphatic heterocycles. The summed E-state index contributed by atoms with van der Waals surface area (Å²) in [5.74, 6) is -0.166. The predicted octanol–water partition coefficient (Wildman–Crippen LogP) is 6.50. The first-order valence-corrected chi connectivity index (χ1v) is 12.8. The minimum Gasteiger partial charge on any atom is -0.332 e. The Hall–Kier alpha value is -3.70. The molecule has 1 aromatic heterocycles. The summed E-state index contributed by atoms with van der Waals surface area (Å²) in [7, 11) is 0. The molecular weight excluding hydrogens is 452 g/mol. The van der Waals surface area contributed by atoms with E-state index in [0.29, 0.717) is 25.2 Å². The summed E-state index contributed by atoms with van der Waals surface area (Å²) in [5, 5.41) is 2.02. The Balaban J connectivity index is 1.49. The molecule has 1 heterocycles. The summed E-state index contributed by atoms with van der Waals surface area (Å²) < 4.78 is 0. The highest BCUT2D eigenvalue weighted by Gasteiger charge is 2.22. The molecule has 0 N–H and O–H groups in total. The third-order valence-corrected chi connectivity index (χ3v) is 6.70. The lowest BCUT2D eigenvalue weighted by Crippen LogP contribution is -2.42. The van der Waals surface area contributed by atoms with Gasteiger partial charge < -0.3 is 9.80 Å². The number of carbonyl (C=O) groups excluding carboxylic acids is 2. The van der Waals surface area contributed by atoms with E-state index in [2.05, 4.69) is 0 Å². The van der Waals surface area contributed by atoms with Crippen LogP contribution in [0.4, 0.5) is 0 Å². The fourth-order valence-electron chi connectivity index (χ4n) is 4.03. The van der Waals surface area contributed by atoms with E-state index in [9.17, 15) is 9.59 Å². The molecule has 0 fully saturated rings. The lowest BCUT2D eigenvalue weighted by atomic mass is 10.0. The zero-order chi connectivity index (χ0) is 24.5. The summed E-state index contributed by atoms with van der Waals surface area (Å²) in [6, 6.07) is 31.7. The topological polar surface area (TPSA) is 40.6 Å². The monoisotopic (exact) mass is 482 g/mol. The van der Waals surface area contributed by atoms with Gasteiger partial charge >= 0.3 is 0 Å². The molecule has 0 radical (unpaired) electrons. The van der Waals surface area contributed by atoms with Crippen LogP contribution in [0.3, 0.4) is 0 Å². The zero-order valence-electron chi connectivity index (χ0n) is 20.0. The molecule has 0 spiro atoms. The Labute approximate surface area is 211 Å². The van der Waals surface area contributed by atoms with Gasteiger partial charge in [0.25, 0.3) is 5.91 Å². The van der Waals surface area contributed by atoms with Crippen molar-refractivity contribution >= 4 is 23.2 Å². The van der Waals surface area contributed by atoms with E-state index in [-0.39, 0.29) is 18.4 Å². The van der Waals surface area contributed by atoms with Gasteiger partial charge in [0.2, 0.25) is 5.91 Å². The van der Waals surface area contributed by atoms with Gasteiger partial charge in [0, 0.05) is 23.5 Å². The second kappa shape index (κ2) is 12.1. The standard InChI is InChI=1S/C30H30N2O2S/c1-2-19-31(30(34)27-17-15-26(16-18-27)25-12-7-4-8-13-25)23-29(33)32(22-28-14-9-20-35-28)21-24-10-5-3-6-11-24/h3-18,20H,2,19,21-23H2,1H3. The maximum atomic E-state index is 13.5. The first-order valence-electron chi connectivity index (χ1n) is 11.9. The third kappa shape index (κ3) is 6.67. The fraction of sp³-hybridized carbons (Fsp3) is 0.200. The largest absolute Gasteiger partial charge is 0.332 e. The smallest absolute Gasteiger partial charge is 0.254 e. The van der Waals surface area contributed by atoms with Crippen LogP contribution in [-0.4, -0.2) is 34.7 Å². The van der Waals surface area contributed by atoms with Gasteiger partial charge in [-0.15, -0.1) is 11.3 Å². The van der Waals surface area contributed by atoms with Crippen molar-refractivity contribution in [2.75, 3.05) is 13.1 Å². The number of nitrogens with zero attached hydrogens (tertiary/aromatic N) is 2. The van der Waals surface area contributed by atoms with Crippen molar-refractivity contribution in [2.45, 2.75) is 26.4 Å². The van der Waals surface area contributed by atoms with Gasteiger partial charge in [-0.25, -0.2) is 0 Å². The van der Waals surface area contributed by atoms with Crippen molar-refractivity contribution in [3.8, 4) is 11.1 Å². The van der Waals surface area contributed by atoms with Crippen LogP contribution in [0.15, 0.2) is 102 Å². The van der Waals surface area contributed by atoms with Crippen LogP contribution >= 0.6 is 11.3 Å². The average molecular weight is 483 g/mol. The molecule has 0 atom stereocenters. The van der Waals surface area contributed by atoms with Gasteiger partial charge in [-0.05, 0) is 46.7 Å². The molecule has 0 saturated carbocycles. The lowest BCUT2D eigenvalue weighted by molar-refractivity contribution is -0.133. The van der Waals surface area contributed by atoms with E-state index in [1.807, 2.05) is 114 Å². The number of hydrogen-bond acceptors (Lipinski definition) is 3. The van der Waals surface area contributed by atoms with Crippen molar-refractivity contribution in [3.63, 3.8) is 0 Å². The summed E-state index contributed by atoms with van der Waals surface area (Å²) >= 11 is 1.64. The molecule has 0 saturated heterocycles. The maximum Gasteiger partial charge on any atom is 0.254 e. The Bertz CT molecular complexity index is 1210. The van der Waals surface area contributed by atoms with E-state index < -0.39 is 0 Å². The van der Waals surface area contributed by atoms with Crippen LogP contribution in [0.25, 0.3) is 11.1 Å². The van der Waals surface area contributed by atoms with E-state index >= 15 is 0 Å². The van der Waals surface area contributed by atoms with Gasteiger partial charge in [0.1, 0.15) is 6.54 Å². The number of benzene rings is 3. The van der Waals surface area contributed by atoms with Crippen molar-refractivity contribution in [1.82, 2.24) is 9.80 Å². The molecule has 4 rings (SSSR count). The van der Waals surface area contributed by atoms with Crippen LogP contribution in [0.1, 0.15) is 34.1 Å². The molecular formula is C30H30N2O2S. The van der Waals surface area contributed by atoms with Crippen molar-refractivity contribution in [3.05, 3.63) is 118 Å². The van der Waals surface area contributed by atoms with Gasteiger partial charge in [-0.2, -0.15) is 0 Å². The number of amides is 2. The molecule has 4 aromatic rings. The highest BCUT2D eigenvalue weighted by Crippen LogP contribution is 2.20. The highest BCUT2D eigenvalue weighted by atomic mass is 32.1. The molecule has 4 nitrogen and oxygen atoms in total. The van der Waals surface area contributed by atoms with E-state index in [4.69, 9.17) is 0 Å². The Kier molecular flexibility index (Phi) is 8.47. The summed E-state index contributed by atoms with van der Waals surface area (Å²) in [4.78, 5) is 31.5. The van der Waals surface area contributed by atoms with Crippen LogP contribution in [0, 0.1) is 0 Å².